The van der Waals surface area contributed by atoms with Crippen LogP contribution >= 0.6 is 11.6 Å². The van der Waals surface area contributed by atoms with Gasteiger partial charge in [0.25, 0.3) is 0 Å². The summed E-state index contributed by atoms with van der Waals surface area (Å²) in [6.07, 6.45) is 0. The number of rotatable bonds is 4. The van der Waals surface area contributed by atoms with Gasteiger partial charge in [0.1, 0.15) is 5.75 Å². The van der Waals surface area contributed by atoms with Gasteiger partial charge in [-0.1, -0.05) is 23.2 Å². The molecule has 0 fully saturated rings. The maximum atomic E-state index is 11.3. The van der Waals surface area contributed by atoms with Crippen LogP contribution in [-0.2, 0) is 0 Å². The summed E-state index contributed by atoms with van der Waals surface area (Å²) in [5.41, 5.74) is 2.19. The zero-order chi connectivity index (χ0) is 14.7. The van der Waals surface area contributed by atoms with Crippen molar-refractivity contribution in [2.75, 3.05) is 12.4 Å². The van der Waals surface area contributed by atoms with E-state index in [4.69, 9.17) is 16.3 Å². The number of methoxy groups -OCH3 is 1. The maximum absolute atomic E-state index is 11.3. The SMILES string of the molecule is COc1ccc(Cl)cc1Nc1ccc(C)cc1C(=O)O. The lowest BCUT2D eigenvalue weighted by Crippen LogP contribution is -2.04. The number of anilines is 2. The van der Waals surface area contributed by atoms with Gasteiger partial charge < -0.3 is 15.2 Å². The maximum Gasteiger partial charge on any atom is 0.337 e. The zero-order valence-electron chi connectivity index (χ0n) is 11.1. The minimum atomic E-state index is -0.989. The Labute approximate surface area is 122 Å². The van der Waals surface area contributed by atoms with Crippen molar-refractivity contribution in [3.8, 4) is 5.75 Å². The molecule has 0 spiro atoms. The molecule has 0 aliphatic carbocycles. The summed E-state index contributed by atoms with van der Waals surface area (Å²) in [4.78, 5) is 11.3. The van der Waals surface area contributed by atoms with Crippen LogP contribution in [0.1, 0.15) is 15.9 Å². The molecule has 0 aliphatic rings. The molecule has 0 atom stereocenters. The van der Waals surface area contributed by atoms with Gasteiger partial charge in [0.2, 0.25) is 0 Å². The highest BCUT2D eigenvalue weighted by molar-refractivity contribution is 6.31. The molecule has 2 N–H and O–H groups in total. The van der Waals surface area contributed by atoms with E-state index in [-0.39, 0.29) is 5.56 Å². The Hall–Kier alpha value is -2.20. The Kier molecular flexibility index (Phi) is 4.15. The number of aromatic carboxylic acids is 1. The lowest BCUT2D eigenvalue weighted by atomic mass is 10.1. The highest BCUT2D eigenvalue weighted by Gasteiger charge is 2.12. The number of hydrogen-bond donors (Lipinski definition) is 2. The number of halogens is 1. The predicted molar refractivity (Wildman–Crippen MR) is 79.4 cm³/mol. The number of benzene rings is 2. The van der Waals surface area contributed by atoms with Crippen molar-refractivity contribution in [1.82, 2.24) is 0 Å². The second-order valence-corrected chi connectivity index (χ2v) is 4.76. The highest BCUT2D eigenvalue weighted by atomic mass is 35.5. The lowest BCUT2D eigenvalue weighted by molar-refractivity contribution is 0.0698. The molecule has 0 amide bonds. The van der Waals surface area contributed by atoms with Gasteiger partial charge in [-0.15, -0.1) is 0 Å². The van der Waals surface area contributed by atoms with Crippen molar-refractivity contribution in [2.45, 2.75) is 6.92 Å². The summed E-state index contributed by atoms with van der Waals surface area (Å²) in [6.45, 7) is 1.84. The van der Waals surface area contributed by atoms with Crippen LogP contribution in [-0.4, -0.2) is 18.2 Å². The van der Waals surface area contributed by atoms with Crippen LogP contribution in [0.4, 0.5) is 11.4 Å². The van der Waals surface area contributed by atoms with Crippen LogP contribution in [0.25, 0.3) is 0 Å². The third kappa shape index (κ3) is 3.03. The molecular weight excluding hydrogens is 278 g/mol. The summed E-state index contributed by atoms with van der Waals surface area (Å²) < 4.78 is 5.23. The zero-order valence-corrected chi connectivity index (χ0v) is 11.9. The Morgan fingerprint density at radius 2 is 1.95 bits per heavy atom. The minimum Gasteiger partial charge on any atom is -0.495 e. The molecule has 0 aromatic heterocycles. The first kappa shape index (κ1) is 14.2. The topological polar surface area (TPSA) is 58.6 Å². The van der Waals surface area contributed by atoms with Crippen LogP contribution in [0, 0.1) is 6.92 Å². The van der Waals surface area contributed by atoms with Gasteiger partial charge >= 0.3 is 5.97 Å². The van der Waals surface area contributed by atoms with E-state index in [9.17, 15) is 9.90 Å². The van der Waals surface area contributed by atoms with Crippen LogP contribution in [0.2, 0.25) is 5.02 Å². The van der Waals surface area contributed by atoms with E-state index in [0.29, 0.717) is 22.1 Å². The Morgan fingerprint density at radius 3 is 2.60 bits per heavy atom. The van der Waals surface area contributed by atoms with Gasteiger partial charge in [-0.2, -0.15) is 0 Å². The van der Waals surface area contributed by atoms with E-state index < -0.39 is 5.97 Å². The number of ether oxygens (including phenoxy) is 1. The fourth-order valence-corrected chi connectivity index (χ4v) is 2.04. The molecule has 2 aromatic rings. The number of aryl methyl sites for hydroxylation is 1. The van der Waals surface area contributed by atoms with Crippen LogP contribution in [0.3, 0.4) is 0 Å². The highest BCUT2D eigenvalue weighted by Crippen LogP contribution is 2.31. The molecule has 2 aromatic carbocycles. The van der Waals surface area contributed by atoms with Crippen molar-refractivity contribution < 1.29 is 14.6 Å². The molecule has 0 saturated carbocycles. The summed E-state index contributed by atoms with van der Waals surface area (Å²) in [5, 5.41) is 12.8. The van der Waals surface area contributed by atoms with Crippen LogP contribution in [0.15, 0.2) is 36.4 Å². The molecule has 0 aliphatic heterocycles. The van der Waals surface area contributed by atoms with Gasteiger partial charge in [0.05, 0.1) is 24.0 Å². The third-order valence-electron chi connectivity index (χ3n) is 2.84. The number of carboxylic acid groups (broad SMARTS) is 1. The molecule has 0 unspecified atom stereocenters. The van der Waals surface area contributed by atoms with E-state index in [1.165, 1.54) is 0 Å². The molecule has 0 bridgehead atoms. The Bertz CT molecular complexity index is 656. The summed E-state index contributed by atoms with van der Waals surface area (Å²) in [5.74, 6) is -0.400. The van der Waals surface area contributed by atoms with E-state index in [0.717, 1.165) is 5.56 Å². The molecule has 20 heavy (non-hydrogen) atoms. The van der Waals surface area contributed by atoms with Gasteiger partial charge in [0, 0.05) is 5.02 Å². The molecular formula is C15H14ClNO3. The molecule has 0 heterocycles. The molecule has 4 nitrogen and oxygen atoms in total. The first-order valence-corrected chi connectivity index (χ1v) is 6.33. The average molecular weight is 292 g/mol. The predicted octanol–water partition coefficient (Wildman–Crippen LogP) is 4.10. The summed E-state index contributed by atoms with van der Waals surface area (Å²) >= 11 is 5.96. The second kappa shape index (κ2) is 5.84. The first-order valence-electron chi connectivity index (χ1n) is 5.96. The standard InChI is InChI=1S/C15H14ClNO3/c1-9-3-5-12(11(7-9)15(18)19)17-13-8-10(16)4-6-14(13)20-2/h3-8,17H,1-2H3,(H,18,19). The number of carbonyl (C=O) groups is 1. The third-order valence-corrected chi connectivity index (χ3v) is 3.07. The largest absolute Gasteiger partial charge is 0.495 e. The fraction of sp³-hybridized carbons (Fsp3) is 0.133. The van der Waals surface area contributed by atoms with Crippen LogP contribution < -0.4 is 10.1 Å². The van der Waals surface area contributed by atoms with Crippen LogP contribution in [0.5, 0.6) is 5.75 Å². The second-order valence-electron chi connectivity index (χ2n) is 4.32. The Balaban J connectivity index is 2.44. The van der Waals surface area contributed by atoms with Crippen molar-refractivity contribution in [2.24, 2.45) is 0 Å². The first-order chi connectivity index (χ1) is 9.51. The normalized spacial score (nSPS) is 10.2. The lowest BCUT2D eigenvalue weighted by Gasteiger charge is -2.13. The minimum absolute atomic E-state index is 0.201. The molecule has 2 rings (SSSR count). The van der Waals surface area contributed by atoms with Crippen molar-refractivity contribution in [3.05, 3.63) is 52.5 Å². The van der Waals surface area contributed by atoms with Gasteiger partial charge in [0.15, 0.2) is 0 Å². The van der Waals surface area contributed by atoms with Crippen molar-refractivity contribution in [1.29, 1.82) is 0 Å². The molecule has 5 heteroatoms. The van der Waals surface area contributed by atoms with Crippen molar-refractivity contribution >= 4 is 28.9 Å². The van der Waals surface area contributed by atoms with Gasteiger partial charge in [-0.3, -0.25) is 0 Å². The average Bonchev–Trinajstić information content (AvgIpc) is 2.41. The fourth-order valence-electron chi connectivity index (χ4n) is 1.87. The summed E-state index contributed by atoms with van der Waals surface area (Å²) in [6, 6.07) is 10.3. The van der Waals surface area contributed by atoms with E-state index in [2.05, 4.69) is 5.32 Å². The number of carboxylic acids is 1. The number of hydrogen-bond acceptors (Lipinski definition) is 3. The van der Waals surface area contributed by atoms with E-state index >= 15 is 0 Å². The summed E-state index contributed by atoms with van der Waals surface area (Å²) in [7, 11) is 1.54. The van der Waals surface area contributed by atoms with E-state index in [1.807, 2.05) is 13.0 Å². The molecule has 104 valence electrons. The molecule has 0 saturated heterocycles. The smallest absolute Gasteiger partial charge is 0.337 e. The van der Waals surface area contributed by atoms with E-state index in [1.54, 1.807) is 37.4 Å². The number of nitrogens with one attached hydrogen (secondary N) is 1. The van der Waals surface area contributed by atoms with Crippen molar-refractivity contribution in [3.63, 3.8) is 0 Å². The van der Waals surface area contributed by atoms with Gasteiger partial charge in [-0.25, -0.2) is 4.79 Å². The quantitative estimate of drug-likeness (QED) is 0.890. The molecule has 0 radical (unpaired) electrons. The Morgan fingerprint density at radius 1 is 1.20 bits per heavy atom. The monoisotopic (exact) mass is 291 g/mol. The van der Waals surface area contributed by atoms with Gasteiger partial charge in [-0.05, 0) is 37.3 Å².